The predicted molar refractivity (Wildman–Crippen MR) is 67.0 cm³/mol. The lowest BCUT2D eigenvalue weighted by Crippen LogP contribution is -2.51. The van der Waals surface area contributed by atoms with Crippen LogP contribution >= 0.6 is 0 Å². The third kappa shape index (κ3) is 5.79. The molecule has 0 aromatic heterocycles. The zero-order valence-electron chi connectivity index (χ0n) is 13.5. The highest BCUT2D eigenvalue weighted by atomic mass is 19.4. The van der Waals surface area contributed by atoms with Crippen LogP contribution in [0, 0.1) is 0 Å². The Hall–Kier alpha value is -1.43. The van der Waals surface area contributed by atoms with Gasteiger partial charge in [-0.2, -0.15) is 43.9 Å². The normalized spacial score (nSPS) is 16.2. The van der Waals surface area contributed by atoms with Gasteiger partial charge >= 0.3 is 30.4 Å². The largest absolute Gasteiger partial charge is 0.509 e. The van der Waals surface area contributed by atoms with Crippen LogP contribution in [-0.4, -0.2) is 42.6 Å². The molecule has 0 aliphatic rings. The van der Waals surface area contributed by atoms with Crippen LogP contribution in [0.25, 0.3) is 0 Å². The first kappa shape index (κ1) is 24.6. The van der Waals surface area contributed by atoms with Gasteiger partial charge in [0.2, 0.25) is 0 Å². The lowest BCUT2D eigenvalue weighted by Gasteiger charge is -2.30. The van der Waals surface area contributed by atoms with Crippen LogP contribution in [0.4, 0.5) is 48.7 Å². The van der Waals surface area contributed by atoms with E-state index in [1.807, 2.05) is 0 Å². The Bertz CT molecular complexity index is 418. The van der Waals surface area contributed by atoms with Crippen molar-refractivity contribution in [3.63, 3.8) is 0 Å². The van der Waals surface area contributed by atoms with Gasteiger partial charge in [0.15, 0.2) is 12.2 Å². The summed E-state index contributed by atoms with van der Waals surface area (Å²) in [5, 5.41) is 0. The van der Waals surface area contributed by atoms with Crippen molar-refractivity contribution >= 4 is 6.16 Å². The van der Waals surface area contributed by atoms with Gasteiger partial charge in [-0.05, 0) is 12.8 Å². The van der Waals surface area contributed by atoms with Gasteiger partial charge in [0.1, 0.15) is 0 Å². The lowest BCUT2D eigenvalue weighted by atomic mass is 10.1. The van der Waals surface area contributed by atoms with Gasteiger partial charge in [0, 0.05) is 0 Å². The molecule has 156 valence electrons. The molecule has 0 heterocycles. The van der Waals surface area contributed by atoms with E-state index in [1.165, 1.54) is 0 Å². The minimum Gasteiger partial charge on any atom is -0.424 e. The molecule has 0 aliphatic carbocycles. The average molecular weight is 410 g/mol. The standard InChI is InChI=1S/C13H16F10O3/c1-3-5-7(10(14,15)12(18,19)20)25-9(24)26-8(6-4-2)11(16,17)13(21,22)23/h7-8H,3-6H2,1-2H3. The van der Waals surface area contributed by atoms with Crippen molar-refractivity contribution in [1.82, 2.24) is 0 Å². The van der Waals surface area contributed by atoms with Crippen molar-refractivity contribution in [2.75, 3.05) is 0 Å². The topological polar surface area (TPSA) is 35.5 Å². The van der Waals surface area contributed by atoms with Crippen molar-refractivity contribution in [2.24, 2.45) is 0 Å². The van der Waals surface area contributed by atoms with E-state index >= 15 is 0 Å². The predicted octanol–water partition coefficient (Wildman–Crippen LogP) is 5.87. The van der Waals surface area contributed by atoms with Crippen LogP contribution in [0.15, 0.2) is 0 Å². The summed E-state index contributed by atoms with van der Waals surface area (Å²) >= 11 is 0. The summed E-state index contributed by atoms with van der Waals surface area (Å²) in [5.41, 5.74) is 0. The second kappa shape index (κ2) is 8.51. The first-order valence-corrected chi connectivity index (χ1v) is 7.28. The molecule has 0 aromatic rings. The van der Waals surface area contributed by atoms with E-state index in [2.05, 4.69) is 9.47 Å². The highest BCUT2D eigenvalue weighted by Gasteiger charge is 2.65. The summed E-state index contributed by atoms with van der Waals surface area (Å²) in [6.45, 7) is 2.32. The van der Waals surface area contributed by atoms with Crippen LogP contribution in [-0.2, 0) is 9.47 Å². The van der Waals surface area contributed by atoms with Gasteiger partial charge < -0.3 is 9.47 Å². The lowest BCUT2D eigenvalue weighted by molar-refractivity contribution is -0.323. The first-order chi connectivity index (χ1) is 11.5. The van der Waals surface area contributed by atoms with Crippen molar-refractivity contribution in [3.8, 4) is 0 Å². The maximum Gasteiger partial charge on any atom is 0.509 e. The molecule has 0 radical (unpaired) electrons. The highest BCUT2D eigenvalue weighted by Crippen LogP contribution is 2.43. The molecule has 0 N–H and O–H groups in total. The van der Waals surface area contributed by atoms with E-state index < -0.39 is 55.4 Å². The average Bonchev–Trinajstić information content (AvgIpc) is 2.43. The third-order valence-electron chi connectivity index (χ3n) is 3.14. The van der Waals surface area contributed by atoms with Gasteiger partial charge in [-0.1, -0.05) is 26.7 Å². The molecular weight excluding hydrogens is 394 g/mol. The fraction of sp³-hybridized carbons (Fsp3) is 0.923. The molecule has 0 amide bonds. The first-order valence-electron chi connectivity index (χ1n) is 7.28. The molecule has 2 unspecified atom stereocenters. The maximum absolute atomic E-state index is 13.3. The minimum atomic E-state index is -6.13. The Morgan fingerprint density at radius 1 is 0.692 bits per heavy atom. The molecule has 0 bridgehead atoms. The summed E-state index contributed by atoms with van der Waals surface area (Å²) in [6.07, 6.45) is -23.7. The smallest absolute Gasteiger partial charge is 0.424 e. The number of halogens is 10. The van der Waals surface area contributed by atoms with E-state index in [-0.39, 0.29) is 12.8 Å². The van der Waals surface area contributed by atoms with Gasteiger partial charge in [-0.3, -0.25) is 0 Å². The Balaban J connectivity index is 5.37. The molecule has 0 fully saturated rings. The second-order valence-corrected chi connectivity index (χ2v) is 5.28. The number of alkyl halides is 10. The molecule has 2 atom stereocenters. The van der Waals surface area contributed by atoms with Gasteiger partial charge in [-0.25, -0.2) is 4.79 Å². The Labute approximate surface area is 141 Å². The van der Waals surface area contributed by atoms with Crippen molar-refractivity contribution in [2.45, 2.75) is 75.9 Å². The summed E-state index contributed by atoms with van der Waals surface area (Å²) in [4.78, 5) is 11.3. The number of ether oxygens (including phenoxy) is 2. The molecule has 0 aliphatic heterocycles. The summed E-state index contributed by atoms with van der Waals surface area (Å²) in [6, 6.07) is 0. The Morgan fingerprint density at radius 2 is 0.962 bits per heavy atom. The molecule has 0 saturated heterocycles. The molecule has 0 aromatic carbocycles. The quantitative estimate of drug-likeness (QED) is 0.371. The number of hydrogen-bond acceptors (Lipinski definition) is 3. The zero-order chi connectivity index (χ0) is 21.0. The van der Waals surface area contributed by atoms with Crippen LogP contribution in [0.2, 0.25) is 0 Å². The molecule has 13 heteroatoms. The molecule has 0 rings (SSSR count). The van der Waals surface area contributed by atoms with Gasteiger partial charge in [-0.15, -0.1) is 0 Å². The van der Waals surface area contributed by atoms with Crippen LogP contribution < -0.4 is 0 Å². The molecule has 3 nitrogen and oxygen atoms in total. The van der Waals surface area contributed by atoms with E-state index in [0.29, 0.717) is 0 Å². The number of carbonyl (C=O) groups excluding carboxylic acids is 1. The summed E-state index contributed by atoms with van der Waals surface area (Å²) in [7, 11) is 0. The van der Waals surface area contributed by atoms with Crippen LogP contribution in [0.5, 0.6) is 0 Å². The number of hydrogen-bond donors (Lipinski definition) is 0. The molecular formula is C13H16F10O3. The van der Waals surface area contributed by atoms with Crippen molar-refractivity contribution < 1.29 is 58.2 Å². The molecule has 26 heavy (non-hydrogen) atoms. The van der Waals surface area contributed by atoms with E-state index in [1.54, 1.807) is 0 Å². The second-order valence-electron chi connectivity index (χ2n) is 5.28. The molecule has 0 spiro atoms. The summed E-state index contributed by atoms with van der Waals surface area (Å²) in [5.74, 6) is -11.1. The number of rotatable bonds is 8. The van der Waals surface area contributed by atoms with E-state index in [0.717, 1.165) is 13.8 Å². The van der Waals surface area contributed by atoms with Gasteiger partial charge in [0.05, 0.1) is 0 Å². The fourth-order valence-corrected chi connectivity index (χ4v) is 1.78. The van der Waals surface area contributed by atoms with Crippen LogP contribution in [0.1, 0.15) is 39.5 Å². The molecule has 0 saturated carbocycles. The maximum atomic E-state index is 13.3. The van der Waals surface area contributed by atoms with E-state index in [4.69, 9.17) is 0 Å². The Morgan fingerprint density at radius 3 is 1.15 bits per heavy atom. The summed E-state index contributed by atoms with van der Waals surface area (Å²) < 4.78 is 135. The zero-order valence-corrected chi connectivity index (χ0v) is 13.5. The van der Waals surface area contributed by atoms with Crippen molar-refractivity contribution in [3.05, 3.63) is 0 Å². The third-order valence-corrected chi connectivity index (χ3v) is 3.14. The van der Waals surface area contributed by atoms with Crippen molar-refractivity contribution in [1.29, 1.82) is 0 Å². The highest BCUT2D eigenvalue weighted by molar-refractivity contribution is 5.60. The Kier molecular flexibility index (Phi) is 8.04. The fourth-order valence-electron chi connectivity index (χ4n) is 1.78. The van der Waals surface area contributed by atoms with Crippen LogP contribution in [0.3, 0.4) is 0 Å². The minimum absolute atomic E-state index is 0.333. The number of carbonyl (C=O) groups is 1. The van der Waals surface area contributed by atoms with Gasteiger partial charge in [0.25, 0.3) is 0 Å². The monoisotopic (exact) mass is 410 g/mol. The van der Waals surface area contributed by atoms with E-state index in [9.17, 15) is 48.7 Å². The SMILES string of the molecule is CCCC(OC(=O)OC(CCC)C(F)(F)C(F)(F)F)C(F)(F)C(F)(F)F.